The van der Waals surface area contributed by atoms with E-state index in [2.05, 4.69) is 12.2 Å². The molecule has 2 rings (SSSR count). The Morgan fingerprint density at radius 1 is 1.26 bits per heavy atom. The van der Waals surface area contributed by atoms with E-state index in [0.29, 0.717) is 31.6 Å². The van der Waals surface area contributed by atoms with Crippen LogP contribution in [0.25, 0.3) is 0 Å². The first-order valence-electron chi connectivity index (χ1n) is 7.45. The molecule has 0 radical (unpaired) electrons. The van der Waals surface area contributed by atoms with Gasteiger partial charge in [0, 0.05) is 32.7 Å². The molecule has 6 heteroatoms. The minimum Gasteiger partial charge on any atom is -0.313 e. The first kappa shape index (κ1) is 15.2. The van der Waals surface area contributed by atoms with Crippen molar-refractivity contribution in [3.05, 3.63) is 0 Å². The zero-order valence-electron chi connectivity index (χ0n) is 12.1. The van der Waals surface area contributed by atoms with Gasteiger partial charge in [0.25, 0.3) is 10.2 Å². The fourth-order valence-corrected chi connectivity index (χ4v) is 4.60. The van der Waals surface area contributed by atoms with Gasteiger partial charge in [0.1, 0.15) is 0 Å². The third-order valence-corrected chi connectivity index (χ3v) is 6.15. The lowest BCUT2D eigenvalue weighted by molar-refractivity contribution is 0.255. The van der Waals surface area contributed by atoms with E-state index in [0.717, 1.165) is 25.8 Å². The summed E-state index contributed by atoms with van der Waals surface area (Å²) in [5.74, 6) is 0.477. The molecule has 0 spiro atoms. The minimum atomic E-state index is -3.27. The van der Waals surface area contributed by atoms with Crippen molar-refractivity contribution in [3.8, 4) is 0 Å². The zero-order chi connectivity index (χ0) is 13.9. The Morgan fingerprint density at radius 2 is 2.05 bits per heavy atom. The summed E-state index contributed by atoms with van der Waals surface area (Å²) < 4.78 is 28.3. The molecule has 0 saturated carbocycles. The Hall–Kier alpha value is -0.170. The summed E-state index contributed by atoms with van der Waals surface area (Å²) in [6, 6.07) is 0.315. The van der Waals surface area contributed by atoms with E-state index < -0.39 is 10.2 Å². The Balaban J connectivity index is 1.93. The van der Waals surface area contributed by atoms with Crippen LogP contribution in [0.5, 0.6) is 0 Å². The summed E-state index contributed by atoms with van der Waals surface area (Å²) >= 11 is 0. The monoisotopic (exact) mass is 289 g/mol. The van der Waals surface area contributed by atoms with Crippen LogP contribution < -0.4 is 5.32 Å². The van der Waals surface area contributed by atoms with Gasteiger partial charge in [0.05, 0.1) is 0 Å². The van der Waals surface area contributed by atoms with Crippen LogP contribution in [0.4, 0.5) is 0 Å². The van der Waals surface area contributed by atoms with Gasteiger partial charge in [0.15, 0.2) is 0 Å². The van der Waals surface area contributed by atoms with Crippen LogP contribution in [0.3, 0.4) is 0 Å². The van der Waals surface area contributed by atoms with Crippen LogP contribution in [0.2, 0.25) is 0 Å². The molecular weight excluding hydrogens is 262 g/mol. The minimum absolute atomic E-state index is 0.315. The first-order chi connectivity index (χ1) is 9.00. The molecule has 2 fully saturated rings. The average molecular weight is 289 g/mol. The van der Waals surface area contributed by atoms with E-state index in [-0.39, 0.29) is 0 Å². The van der Waals surface area contributed by atoms with Crippen LogP contribution >= 0.6 is 0 Å². The molecule has 19 heavy (non-hydrogen) atoms. The first-order valence-corrected chi connectivity index (χ1v) is 8.84. The number of hydrogen-bond acceptors (Lipinski definition) is 3. The average Bonchev–Trinajstić information content (AvgIpc) is 2.40. The third kappa shape index (κ3) is 3.90. The van der Waals surface area contributed by atoms with Gasteiger partial charge in [-0.2, -0.15) is 17.0 Å². The highest BCUT2D eigenvalue weighted by Crippen LogP contribution is 2.20. The van der Waals surface area contributed by atoms with Gasteiger partial charge < -0.3 is 5.32 Å². The van der Waals surface area contributed by atoms with Gasteiger partial charge in [-0.15, -0.1) is 0 Å². The number of rotatable bonds is 4. The fraction of sp³-hybridized carbons (Fsp3) is 1.00. The number of piperidine rings is 2. The number of nitrogens with one attached hydrogen (secondary N) is 1. The Kier molecular flexibility index (Phi) is 5.22. The maximum absolute atomic E-state index is 12.5. The highest BCUT2D eigenvalue weighted by molar-refractivity contribution is 7.86. The van der Waals surface area contributed by atoms with Gasteiger partial charge in [0.2, 0.25) is 0 Å². The molecule has 2 saturated heterocycles. The molecule has 2 unspecified atom stereocenters. The predicted octanol–water partition coefficient (Wildman–Crippen LogP) is 1.04. The molecule has 2 aliphatic heterocycles. The summed E-state index contributed by atoms with van der Waals surface area (Å²) in [6.07, 6.45) is 5.61. The summed E-state index contributed by atoms with van der Waals surface area (Å²) in [5, 5.41) is 3.41. The molecule has 0 amide bonds. The smallest absolute Gasteiger partial charge is 0.281 e. The summed E-state index contributed by atoms with van der Waals surface area (Å²) in [5.41, 5.74) is 0. The van der Waals surface area contributed by atoms with Crippen LogP contribution in [-0.2, 0) is 10.2 Å². The Bertz CT molecular complexity index is 379. The Labute approximate surface area is 117 Å². The third-order valence-electron chi connectivity index (χ3n) is 4.23. The van der Waals surface area contributed by atoms with Crippen LogP contribution in [-0.4, -0.2) is 56.3 Å². The summed E-state index contributed by atoms with van der Waals surface area (Å²) in [4.78, 5) is 0. The second kappa shape index (κ2) is 6.52. The molecule has 2 aliphatic rings. The van der Waals surface area contributed by atoms with E-state index in [9.17, 15) is 8.42 Å². The maximum atomic E-state index is 12.5. The molecule has 0 aromatic rings. The summed E-state index contributed by atoms with van der Waals surface area (Å²) in [6.45, 7) is 5.08. The van der Waals surface area contributed by atoms with E-state index in [1.807, 2.05) is 0 Å². The fourth-order valence-electron chi connectivity index (χ4n) is 3.04. The van der Waals surface area contributed by atoms with E-state index in [1.165, 1.54) is 17.1 Å². The SMILES string of the molecule is CC1CCCN(S(=O)(=O)N(C)CC2CCCCN2)C1. The molecule has 2 atom stereocenters. The molecule has 112 valence electrons. The topological polar surface area (TPSA) is 52.7 Å². The normalized spacial score (nSPS) is 30.7. The molecule has 0 bridgehead atoms. The lowest BCUT2D eigenvalue weighted by Crippen LogP contribution is -2.50. The largest absolute Gasteiger partial charge is 0.313 e. The van der Waals surface area contributed by atoms with Gasteiger partial charge in [-0.3, -0.25) is 0 Å². The van der Waals surface area contributed by atoms with E-state index in [1.54, 1.807) is 11.4 Å². The van der Waals surface area contributed by atoms with Crippen molar-refractivity contribution in [2.24, 2.45) is 5.92 Å². The van der Waals surface area contributed by atoms with E-state index >= 15 is 0 Å². The van der Waals surface area contributed by atoms with Crippen molar-refractivity contribution in [2.75, 3.05) is 33.2 Å². The van der Waals surface area contributed by atoms with Gasteiger partial charge >= 0.3 is 0 Å². The van der Waals surface area contributed by atoms with Crippen molar-refractivity contribution < 1.29 is 8.42 Å². The van der Waals surface area contributed by atoms with Crippen molar-refractivity contribution >= 4 is 10.2 Å². The van der Waals surface area contributed by atoms with Gasteiger partial charge in [-0.05, 0) is 38.1 Å². The number of likely N-dealkylation sites (N-methyl/N-ethyl adjacent to an activating group) is 1. The van der Waals surface area contributed by atoms with Crippen molar-refractivity contribution in [1.82, 2.24) is 13.9 Å². The molecule has 0 aliphatic carbocycles. The van der Waals surface area contributed by atoms with Crippen molar-refractivity contribution in [2.45, 2.75) is 45.1 Å². The lowest BCUT2D eigenvalue weighted by atomic mass is 10.0. The van der Waals surface area contributed by atoms with Crippen LogP contribution in [0, 0.1) is 5.92 Å². The van der Waals surface area contributed by atoms with Gasteiger partial charge in [-0.25, -0.2) is 0 Å². The molecule has 2 heterocycles. The molecule has 0 aromatic heterocycles. The van der Waals surface area contributed by atoms with Gasteiger partial charge in [-0.1, -0.05) is 13.3 Å². The van der Waals surface area contributed by atoms with Crippen molar-refractivity contribution in [3.63, 3.8) is 0 Å². The highest BCUT2D eigenvalue weighted by atomic mass is 32.2. The summed E-state index contributed by atoms with van der Waals surface area (Å²) in [7, 11) is -1.55. The molecule has 0 aromatic carbocycles. The van der Waals surface area contributed by atoms with Crippen LogP contribution in [0.15, 0.2) is 0 Å². The Morgan fingerprint density at radius 3 is 2.68 bits per heavy atom. The molecule has 1 N–H and O–H groups in total. The van der Waals surface area contributed by atoms with E-state index in [4.69, 9.17) is 0 Å². The second-order valence-electron chi connectivity index (χ2n) is 6.04. The standard InChI is InChI=1S/C13H27N3O2S/c1-12-6-5-9-16(10-12)19(17,18)15(2)11-13-7-3-4-8-14-13/h12-14H,3-11H2,1-2H3. The highest BCUT2D eigenvalue weighted by Gasteiger charge is 2.31. The molecular formula is C13H27N3O2S. The number of hydrogen-bond donors (Lipinski definition) is 1. The zero-order valence-corrected chi connectivity index (χ0v) is 13.0. The quantitative estimate of drug-likeness (QED) is 0.841. The number of nitrogens with zero attached hydrogens (tertiary/aromatic N) is 2. The predicted molar refractivity (Wildman–Crippen MR) is 77.2 cm³/mol. The second-order valence-corrected chi connectivity index (χ2v) is 8.08. The molecule has 5 nitrogen and oxygen atoms in total. The lowest BCUT2D eigenvalue weighted by Gasteiger charge is -2.35. The van der Waals surface area contributed by atoms with Crippen LogP contribution in [0.1, 0.15) is 39.0 Å². The van der Waals surface area contributed by atoms with Crippen molar-refractivity contribution in [1.29, 1.82) is 0 Å². The maximum Gasteiger partial charge on any atom is 0.281 e.